The molecule has 1 rings (SSSR count). The zero-order chi connectivity index (χ0) is 10.8. The summed E-state index contributed by atoms with van der Waals surface area (Å²) in [5.41, 5.74) is 5.13. The average molecular weight is 212 g/mol. The maximum Gasteiger partial charge on any atom is 0.471 e. The second kappa shape index (κ2) is 4.14. The lowest BCUT2D eigenvalue weighted by Gasteiger charge is -2.38. The lowest BCUT2D eigenvalue weighted by Crippen LogP contribution is -2.58. The van der Waals surface area contributed by atoms with E-state index in [1.54, 1.807) is 0 Å². The summed E-state index contributed by atoms with van der Waals surface area (Å²) in [6.07, 6.45) is -5.08. The first kappa shape index (κ1) is 11.3. The van der Waals surface area contributed by atoms with Crippen molar-refractivity contribution in [1.82, 2.24) is 4.90 Å². The minimum Gasteiger partial charge on any atom is -0.373 e. The fourth-order valence-electron chi connectivity index (χ4n) is 1.12. The van der Waals surface area contributed by atoms with Crippen molar-refractivity contribution in [2.75, 3.05) is 26.2 Å². The third-order valence-corrected chi connectivity index (χ3v) is 1.85. The van der Waals surface area contributed by atoms with E-state index in [-0.39, 0.29) is 19.2 Å². The van der Waals surface area contributed by atoms with E-state index in [9.17, 15) is 18.0 Å². The monoisotopic (exact) mass is 212 g/mol. The molecular formula is C7H11F3N2O2. The van der Waals surface area contributed by atoms with E-state index in [1.165, 1.54) is 0 Å². The Kier molecular flexibility index (Phi) is 3.33. The van der Waals surface area contributed by atoms with Crippen LogP contribution in [-0.2, 0) is 9.53 Å². The molecule has 0 atom stereocenters. The fraction of sp³-hybridized carbons (Fsp3) is 0.857. The number of halogens is 3. The number of hydrogen-bond acceptors (Lipinski definition) is 3. The Hall–Kier alpha value is -0.820. The Bertz CT molecular complexity index is 213. The molecule has 0 aromatic heterocycles. The molecule has 0 bridgehead atoms. The van der Waals surface area contributed by atoms with Crippen LogP contribution in [0.25, 0.3) is 0 Å². The highest BCUT2D eigenvalue weighted by atomic mass is 19.4. The molecule has 1 fully saturated rings. The first-order valence-electron chi connectivity index (χ1n) is 4.13. The second-order valence-corrected chi connectivity index (χ2v) is 2.99. The highest BCUT2D eigenvalue weighted by Gasteiger charge is 2.46. The standard InChI is InChI=1S/C7H11F3N2O2/c8-7(9,10)6(13)12-3-5(4-12)14-2-1-11/h5H,1-4,11H2. The SMILES string of the molecule is NCCOC1CN(C(=O)C(F)(F)F)C1. The van der Waals surface area contributed by atoms with E-state index in [0.717, 1.165) is 0 Å². The molecule has 7 heteroatoms. The van der Waals surface area contributed by atoms with Gasteiger partial charge in [0.1, 0.15) is 0 Å². The third kappa shape index (κ3) is 2.58. The van der Waals surface area contributed by atoms with Gasteiger partial charge < -0.3 is 15.4 Å². The van der Waals surface area contributed by atoms with Gasteiger partial charge in [-0.3, -0.25) is 4.79 Å². The van der Waals surface area contributed by atoms with Gasteiger partial charge in [0.2, 0.25) is 0 Å². The Morgan fingerprint density at radius 1 is 1.50 bits per heavy atom. The van der Waals surface area contributed by atoms with Crippen LogP contribution in [0.3, 0.4) is 0 Å². The Morgan fingerprint density at radius 2 is 2.07 bits per heavy atom. The number of hydrogen-bond donors (Lipinski definition) is 1. The third-order valence-electron chi connectivity index (χ3n) is 1.85. The first-order chi connectivity index (χ1) is 6.45. The summed E-state index contributed by atoms with van der Waals surface area (Å²) < 4.78 is 40.6. The second-order valence-electron chi connectivity index (χ2n) is 2.99. The van der Waals surface area contributed by atoms with Gasteiger partial charge in [0.25, 0.3) is 0 Å². The van der Waals surface area contributed by atoms with Gasteiger partial charge in [0, 0.05) is 19.6 Å². The van der Waals surface area contributed by atoms with E-state index < -0.39 is 12.1 Å². The number of nitrogens with zero attached hydrogens (tertiary/aromatic N) is 1. The molecular weight excluding hydrogens is 201 g/mol. The number of nitrogens with two attached hydrogens (primary N) is 1. The zero-order valence-corrected chi connectivity index (χ0v) is 7.38. The van der Waals surface area contributed by atoms with Gasteiger partial charge >= 0.3 is 12.1 Å². The van der Waals surface area contributed by atoms with Crippen molar-refractivity contribution in [2.24, 2.45) is 5.73 Å². The normalized spacial score (nSPS) is 18.1. The highest BCUT2D eigenvalue weighted by Crippen LogP contribution is 2.22. The van der Waals surface area contributed by atoms with Crippen LogP contribution in [0.2, 0.25) is 0 Å². The van der Waals surface area contributed by atoms with Crippen LogP contribution in [0.4, 0.5) is 13.2 Å². The number of rotatable bonds is 3. The molecule has 0 radical (unpaired) electrons. The van der Waals surface area contributed by atoms with Crippen LogP contribution in [-0.4, -0.2) is 49.3 Å². The van der Waals surface area contributed by atoms with Crippen LogP contribution in [0.15, 0.2) is 0 Å². The molecule has 2 N–H and O–H groups in total. The van der Waals surface area contributed by atoms with Crippen LogP contribution >= 0.6 is 0 Å². The molecule has 0 spiro atoms. The molecule has 1 aliphatic heterocycles. The Morgan fingerprint density at radius 3 is 2.50 bits per heavy atom. The lowest BCUT2D eigenvalue weighted by molar-refractivity contribution is -0.196. The summed E-state index contributed by atoms with van der Waals surface area (Å²) in [7, 11) is 0. The van der Waals surface area contributed by atoms with Crippen LogP contribution in [0.1, 0.15) is 0 Å². The van der Waals surface area contributed by atoms with Crippen molar-refractivity contribution in [3.8, 4) is 0 Å². The summed E-state index contributed by atoms with van der Waals surface area (Å²) >= 11 is 0. The predicted octanol–water partition coefficient (Wildman–Crippen LogP) is -0.265. The van der Waals surface area contributed by atoms with Gasteiger partial charge in [-0.15, -0.1) is 0 Å². The summed E-state index contributed by atoms with van der Waals surface area (Å²) in [5, 5.41) is 0. The Balaban J connectivity index is 2.24. The summed E-state index contributed by atoms with van der Waals surface area (Å²) in [6.45, 7) is 0.624. The highest BCUT2D eigenvalue weighted by molar-refractivity contribution is 5.82. The minimum atomic E-state index is -4.78. The van der Waals surface area contributed by atoms with Gasteiger partial charge in [0.15, 0.2) is 0 Å². The maximum atomic E-state index is 11.8. The van der Waals surface area contributed by atoms with Crippen LogP contribution in [0, 0.1) is 0 Å². The largest absolute Gasteiger partial charge is 0.471 e. The summed E-state index contributed by atoms with van der Waals surface area (Å²) in [4.78, 5) is 11.3. The van der Waals surface area contributed by atoms with Crippen molar-refractivity contribution in [2.45, 2.75) is 12.3 Å². The van der Waals surface area contributed by atoms with Gasteiger partial charge in [-0.05, 0) is 0 Å². The number of ether oxygens (including phenoxy) is 1. The first-order valence-corrected chi connectivity index (χ1v) is 4.13. The van der Waals surface area contributed by atoms with Gasteiger partial charge in [0.05, 0.1) is 12.7 Å². The molecule has 0 saturated carbocycles. The van der Waals surface area contributed by atoms with E-state index in [4.69, 9.17) is 10.5 Å². The number of carbonyl (C=O) groups is 1. The lowest BCUT2D eigenvalue weighted by atomic mass is 10.1. The smallest absolute Gasteiger partial charge is 0.373 e. The summed E-state index contributed by atoms with van der Waals surface area (Å²) in [6, 6.07) is 0. The van der Waals surface area contributed by atoms with E-state index >= 15 is 0 Å². The van der Waals surface area contributed by atoms with E-state index in [1.807, 2.05) is 0 Å². The molecule has 0 unspecified atom stereocenters. The van der Waals surface area contributed by atoms with Gasteiger partial charge in [-0.25, -0.2) is 0 Å². The number of carbonyl (C=O) groups excluding carboxylic acids is 1. The van der Waals surface area contributed by atoms with Crippen LogP contribution in [0.5, 0.6) is 0 Å². The minimum absolute atomic E-state index is 0.00164. The molecule has 1 amide bonds. The molecule has 0 aromatic carbocycles. The average Bonchev–Trinajstić information content (AvgIpc) is 1.99. The number of amides is 1. The topological polar surface area (TPSA) is 55.6 Å². The number of likely N-dealkylation sites (tertiary alicyclic amines) is 1. The summed E-state index contributed by atoms with van der Waals surface area (Å²) in [5.74, 6) is -1.80. The van der Waals surface area contributed by atoms with Crippen molar-refractivity contribution < 1.29 is 22.7 Å². The van der Waals surface area contributed by atoms with Crippen molar-refractivity contribution in [3.63, 3.8) is 0 Å². The predicted molar refractivity (Wildman–Crippen MR) is 41.4 cm³/mol. The van der Waals surface area contributed by atoms with E-state index in [0.29, 0.717) is 18.1 Å². The van der Waals surface area contributed by atoms with Crippen molar-refractivity contribution >= 4 is 5.91 Å². The molecule has 1 aliphatic rings. The van der Waals surface area contributed by atoms with Crippen molar-refractivity contribution in [1.29, 1.82) is 0 Å². The molecule has 0 aromatic rings. The molecule has 4 nitrogen and oxygen atoms in total. The maximum absolute atomic E-state index is 11.8. The zero-order valence-electron chi connectivity index (χ0n) is 7.38. The molecule has 1 heterocycles. The fourth-order valence-corrected chi connectivity index (χ4v) is 1.12. The van der Waals surface area contributed by atoms with E-state index in [2.05, 4.69) is 0 Å². The molecule has 1 saturated heterocycles. The molecule has 14 heavy (non-hydrogen) atoms. The molecule has 0 aliphatic carbocycles. The quantitative estimate of drug-likeness (QED) is 0.701. The molecule has 82 valence electrons. The van der Waals surface area contributed by atoms with Gasteiger partial charge in [-0.1, -0.05) is 0 Å². The van der Waals surface area contributed by atoms with Crippen molar-refractivity contribution in [3.05, 3.63) is 0 Å². The number of alkyl halides is 3. The van der Waals surface area contributed by atoms with Gasteiger partial charge in [-0.2, -0.15) is 13.2 Å². The Labute approximate surface area is 78.8 Å². The van der Waals surface area contributed by atoms with Crippen LogP contribution < -0.4 is 5.73 Å².